The first-order valence-electron chi connectivity index (χ1n) is 24.1. The van der Waals surface area contributed by atoms with E-state index in [-0.39, 0.29) is 0 Å². The molecule has 0 saturated carbocycles. The van der Waals surface area contributed by atoms with Crippen LogP contribution in [0.25, 0.3) is 118 Å². The smallest absolute Gasteiger partial charge is 0.166 e. The third kappa shape index (κ3) is 8.46. The Morgan fingerprint density at radius 2 is 0.648 bits per heavy atom. The first-order valence-corrected chi connectivity index (χ1v) is 24.1. The van der Waals surface area contributed by atoms with Gasteiger partial charge in [-0.05, 0) is 86.3 Å². The van der Waals surface area contributed by atoms with E-state index in [0.717, 1.165) is 83.4 Å². The summed E-state index contributed by atoms with van der Waals surface area (Å²) in [6.45, 7) is 8.66. The Morgan fingerprint density at radius 1 is 0.268 bits per heavy atom. The fourth-order valence-corrected chi connectivity index (χ4v) is 9.99. The van der Waals surface area contributed by atoms with Gasteiger partial charge in [-0.25, -0.2) is 24.9 Å². The summed E-state index contributed by atoms with van der Waals surface area (Å²) in [6.07, 6.45) is 0. The molecule has 0 amide bonds. The van der Waals surface area contributed by atoms with Crippen LogP contribution >= 0.6 is 0 Å². The average Bonchev–Trinajstić information content (AvgIpc) is 3.73. The summed E-state index contributed by atoms with van der Waals surface area (Å²) in [5.74, 6) is 2.28. The zero-order valence-electron chi connectivity index (χ0n) is 40.0. The molecule has 12 aromatic rings. The average molecular weight is 913 g/mol. The first-order chi connectivity index (χ1) is 34.8. The van der Waals surface area contributed by atoms with Crippen molar-refractivity contribution in [3.63, 3.8) is 0 Å². The summed E-state index contributed by atoms with van der Waals surface area (Å²) in [6, 6.07) is 76.8. The van der Waals surface area contributed by atoms with Crippen molar-refractivity contribution in [2.45, 2.75) is 27.7 Å². The summed E-state index contributed by atoms with van der Waals surface area (Å²) in [5.41, 5.74) is 19.7. The standard InChI is InChI=1S/C65H48N6/c1-41-31-42(2)34-52(33-41)49-25-28-54-55-29-26-50(53-35-43(3)32-44(4)36-53)39-61(55)71(60(54)38-49)59-30-27-51(64-66-57(45-17-9-5-10-18-45)40-58(67-64)46-19-11-6-12-20-46)37-56(59)65-69-62(47-21-13-7-14-22-47)68-63(70-65)48-23-15-8-16-24-48/h5-40H,1-4H3. The maximum Gasteiger partial charge on any atom is 0.166 e. The van der Waals surface area contributed by atoms with E-state index >= 15 is 0 Å². The number of fused-ring (bicyclic) bond motifs is 3. The van der Waals surface area contributed by atoms with E-state index < -0.39 is 0 Å². The number of hydrogen-bond acceptors (Lipinski definition) is 5. The van der Waals surface area contributed by atoms with Crippen LogP contribution in [0.3, 0.4) is 0 Å². The Morgan fingerprint density at radius 3 is 1.08 bits per heavy atom. The molecule has 0 spiro atoms. The van der Waals surface area contributed by atoms with Gasteiger partial charge in [0.15, 0.2) is 23.3 Å². The second-order valence-electron chi connectivity index (χ2n) is 18.5. The number of rotatable bonds is 9. The highest BCUT2D eigenvalue weighted by atomic mass is 15.1. The van der Waals surface area contributed by atoms with Crippen molar-refractivity contribution in [1.29, 1.82) is 0 Å². The lowest BCUT2D eigenvalue weighted by molar-refractivity contribution is 1.06. The van der Waals surface area contributed by atoms with E-state index in [1.165, 1.54) is 33.4 Å². The Bertz CT molecular complexity index is 3690. The quantitative estimate of drug-likeness (QED) is 0.144. The number of benzene rings is 9. The van der Waals surface area contributed by atoms with Crippen LogP contribution in [0.2, 0.25) is 0 Å². The number of aromatic nitrogens is 6. The molecule has 12 rings (SSSR count). The lowest BCUT2D eigenvalue weighted by atomic mass is 9.98. The van der Waals surface area contributed by atoms with Gasteiger partial charge in [0.2, 0.25) is 0 Å². The molecule has 0 fully saturated rings. The monoisotopic (exact) mass is 912 g/mol. The summed E-state index contributed by atoms with van der Waals surface area (Å²) in [4.78, 5) is 26.5. The molecule has 338 valence electrons. The molecule has 71 heavy (non-hydrogen) atoms. The van der Waals surface area contributed by atoms with Gasteiger partial charge < -0.3 is 4.57 Å². The van der Waals surface area contributed by atoms with Crippen molar-refractivity contribution in [3.05, 3.63) is 241 Å². The van der Waals surface area contributed by atoms with Crippen LogP contribution < -0.4 is 0 Å². The zero-order valence-corrected chi connectivity index (χ0v) is 40.0. The molecule has 0 radical (unpaired) electrons. The van der Waals surface area contributed by atoms with Gasteiger partial charge in [-0.1, -0.05) is 204 Å². The van der Waals surface area contributed by atoms with E-state index in [2.05, 4.69) is 178 Å². The van der Waals surface area contributed by atoms with Gasteiger partial charge in [0.25, 0.3) is 0 Å². The molecule has 0 aliphatic carbocycles. The Labute approximate surface area is 413 Å². The van der Waals surface area contributed by atoms with Crippen molar-refractivity contribution < 1.29 is 0 Å². The van der Waals surface area contributed by atoms with Gasteiger partial charge in [-0.2, -0.15) is 0 Å². The summed E-state index contributed by atoms with van der Waals surface area (Å²) < 4.78 is 2.41. The van der Waals surface area contributed by atoms with Crippen LogP contribution in [0.1, 0.15) is 22.3 Å². The molecule has 0 N–H and O–H groups in total. The van der Waals surface area contributed by atoms with E-state index in [1.54, 1.807) is 0 Å². The Hall–Kier alpha value is -9.13. The van der Waals surface area contributed by atoms with Crippen molar-refractivity contribution >= 4 is 21.8 Å². The lowest BCUT2D eigenvalue weighted by Gasteiger charge is -2.17. The van der Waals surface area contributed by atoms with Crippen molar-refractivity contribution in [3.8, 4) is 96.0 Å². The molecule has 0 saturated heterocycles. The van der Waals surface area contributed by atoms with Crippen LogP contribution in [-0.2, 0) is 0 Å². The van der Waals surface area contributed by atoms with Crippen LogP contribution in [0.4, 0.5) is 0 Å². The molecule has 6 heteroatoms. The molecule has 0 bridgehead atoms. The van der Waals surface area contributed by atoms with Crippen molar-refractivity contribution in [2.24, 2.45) is 0 Å². The van der Waals surface area contributed by atoms with Gasteiger partial charge in [0.05, 0.1) is 28.1 Å². The zero-order chi connectivity index (χ0) is 48.0. The molecular formula is C65H48N6. The highest BCUT2D eigenvalue weighted by Crippen LogP contribution is 2.41. The first kappa shape index (κ1) is 43.2. The van der Waals surface area contributed by atoms with E-state index in [9.17, 15) is 0 Å². The minimum absolute atomic E-state index is 0.531. The molecular weight excluding hydrogens is 865 g/mol. The van der Waals surface area contributed by atoms with Gasteiger partial charge in [-0.15, -0.1) is 0 Å². The molecule has 0 atom stereocenters. The van der Waals surface area contributed by atoms with E-state index in [1.807, 2.05) is 72.8 Å². The van der Waals surface area contributed by atoms with Gasteiger partial charge in [-0.3, -0.25) is 0 Å². The molecule has 0 aliphatic rings. The number of aryl methyl sites for hydroxylation is 4. The summed E-state index contributed by atoms with van der Waals surface area (Å²) >= 11 is 0. The topological polar surface area (TPSA) is 69.4 Å². The second-order valence-corrected chi connectivity index (χ2v) is 18.5. The third-order valence-corrected chi connectivity index (χ3v) is 13.2. The van der Waals surface area contributed by atoms with Gasteiger partial charge >= 0.3 is 0 Å². The highest BCUT2D eigenvalue weighted by Gasteiger charge is 2.23. The van der Waals surface area contributed by atoms with E-state index in [4.69, 9.17) is 24.9 Å². The highest BCUT2D eigenvalue weighted by molar-refractivity contribution is 6.11. The summed E-state index contributed by atoms with van der Waals surface area (Å²) in [7, 11) is 0. The molecule has 0 aliphatic heterocycles. The molecule has 3 aromatic heterocycles. The van der Waals surface area contributed by atoms with Gasteiger partial charge in [0, 0.05) is 44.2 Å². The Kier molecular flexibility index (Phi) is 11.0. The lowest BCUT2D eigenvalue weighted by Crippen LogP contribution is -2.05. The number of nitrogens with zero attached hydrogens (tertiary/aromatic N) is 6. The molecule has 0 unspecified atom stereocenters. The van der Waals surface area contributed by atoms with Crippen molar-refractivity contribution in [1.82, 2.24) is 29.5 Å². The number of hydrogen-bond donors (Lipinski definition) is 0. The van der Waals surface area contributed by atoms with Crippen LogP contribution in [-0.4, -0.2) is 29.5 Å². The minimum atomic E-state index is 0.531. The fraction of sp³-hybridized carbons (Fsp3) is 0.0615. The normalized spacial score (nSPS) is 11.4. The van der Waals surface area contributed by atoms with E-state index in [0.29, 0.717) is 23.3 Å². The van der Waals surface area contributed by atoms with Crippen LogP contribution in [0.15, 0.2) is 218 Å². The van der Waals surface area contributed by atoms with Crippen molar-refractivity contribution in [2.75, 3.05) is 0 Å². The molecule has 6 nitrogen and oxygen atoms in total. The maximum atomic E-state index is 5.39. The third-order valence-electron chi connectivity index (χ3n) is 13.2. The maximum absolute atomic E-state index is 5.39. The minimum Gasteiger partial charge on any atom is -0.308 e. The SMILES string of the molecule is Cc1cc(C)cc(-c2ccc3c4ccc(-c5cc(C)cc(C)c5)cc4n(-c4ccc(-c5nc(-c6ccccc6)cc(-c6ccccc6)n5)cc4-c4nc(-c5ccccc5)nc(-c5ccccc5)n4)c3c2)c1. The predicted octanol–water partition coefficient (Wildman–Crippen LogP) is 16.3. The Balaban J connectivity index is 1.18. The summed E-state index contributed by atoms with van der Waals surface area (Å²) in [5, 5.41) is 2.29. The fourth-order valence-electron chi connectivity index (χ4n) is 9.99. The largest absolute Gasteiger partial charge is 0.308 e. The van der Waals surface area contributed by atoms with Crippen LogP contribution in [0.5, 0.6) is 0 Å². The molecule has 9 aromatic carbocycles. The molecule has 3 heterocycles. The van der Waals surface area contributed by atoms with Gasteiger partial charge in [0.1, 0.15) is 0 Å². The predicted molar refractivity (Wildman–Crippen MR) is 292 cm³/mol. The van der Waals surface area contributed by atoms with Crippen LogP contribution in [0, 0.1) is 27.7 Å². The second kappa shape index (κ2) is 18.1.